The fourth-order valence-electron chi connectivity index (χ4n) is 3.83. The van der Waals surface area contributed by atoms with Crippen molar-refractivity contribution in [1.29, 1.82) is 0 Å². The largest absolute Gasteiger partial charge is 0.508 e. The van der Waals surface area contributed by atoms with Crippen LogP contribution >= 0.6 is 0 Å². The van der Waals surface area contributed by atoms with Crippen molar-refractivity contribution in [2.45, 2.75) is 39.0 Å². The Kier molecular flexibility index (Phi) is 6.83. The van der Waals surface area contributed by atoms with E-state index in [1.807, 2.05) is 36.4 Å². The summed E-state index contributed by atoms with van der Waals surface area (Å²) in [5.41, 5.74) is 4.66. The highest BCUT2D eigenvalue weighted by atomic mass is 16.3. The van der Waals surface area contributed by atoms with Crippen molar-refractivity contribution in [2.24, 2.45) is 5.92 Å². The van der Waals surface area contributed by atoms with Gasteiger partial charge in [-0.05, 0) is 76.9 Å². The highest BCUT2D eigenvalue weighted by molar-refractivity contribution is 5.68. The normalized spacial score (nSPS) is 13.9. The molecular weight excluding hydrogens is 372 g/mol. The quantitative estimate of drug-likeness (QED) is 0.406. The highest BCUT2D eigenvalue weighted by Crippen LogP contribution is 2.36. The van der Waals surface area contributed by atoms with Gasteiger partial charge in [-0.1, -0.05) is 63.2 Å². The summed E-state index contributed by atoms with van der Waals surface area (Å²) in [6.45, 7) is 6.55. The van der Waals surface area contributed by atoms with E-state index in [0.717, 1.165) is 17.5 Å². The molecule has 0 aliphatic carbocycles. The minimum absolute atomic E-state index is 0.153. The monoisotopic (exact) mass is 402 g/mol. The summed E-state index contributed by atoms with van der Waals surface area (Å²) >= 11 is 0. The number of rotatable bonds is 7. The van der Waals surface area contributed by atoms with Gasteiger partial charge in [-0.15, -0.1) is 0 Å². The van der Waals surface area contributed by atoms with Crippen molar-refractivity contribution in [1.82, 2.24) is 0 Å². The van der Waals surface area contributed by atoms with E-state index in [9.17, 15) is 15.3 Å². The molecule has 2 unspecified atom stereocenters. The number of benzene rings is 3. The van der Waals surface area contributed by atoms with Crippen LogP contribution in [0.2, 0.25) is 0 Å². The highest BCUT2D eigenvalue weighted by Gasteiger charge is 2.18. The summed E-state index contributed by atoms with van der Waals surface area (Å²) in [5.74, 6) is 1.55. The van der Waals surface area contributed by atoms with Gasteiger partial charge >= 0.3 is 0 Å². The lowest BCUT2D eigenvalue weighted by atomic mass is 9.82. The first-order valence-electron chi connectivity index (χ1n) is 10.4. The van der Waals surface area contributed by atoms with Gasteiger partial charge in [0.15, 0.2) is 0 Å². The SMILES string of the molecule is CC(C)/C(=C\C(CC(C)c1ccc(O)cc1)c1ccc(O)cc1)c1ccc(O)cc1. The minimum Gasteiger partial charge on any atom is -0.508 e. The maximum atomic E-state index is 9.74. The van der Waals surface area contributed by atoms with E-state index in [1.54, 1.807) is 36.4 Å². The van der Waals surface area contributed by atoms with Crippen LogP contribution in [0.5, 0.6) is 17.2 Å². The Morgan fingerprint density at radius 3 is 1.57 bits per heavy atom. The zero-order chi connectivity index (χ0) is 21.7. The van der Waals surface area contributed by atoms with E-state index in [2.05, 4.69) is 26.8 Å². The summed E-state index contributed by atoms with van der Waals surface area (Å²) in [6.07, 6.45) is 3.21. The van der Waals surface area contributed by atoms with Crippen molar-refractivity contribution < 1.29 is 15.3 Å². The van der Waals surface area contributed by atoms with E-state index in [-0.39, 0.29) is 29.1 Å². The second kappa shape index (κ2) is 9.53. The molecule has 0 fully saturated rings. The molecule has 0 radical (unpaired) electrons. The van der Waals surface area contributed by atoms with Crippen molar-refractivity contribution in [3.8, 4) is 17.2 Å². The van der Waals surface area contributed by atoms with Crippen molar-refractivity contribution in [3.63, 3.8) is 0 Å². The molecular formula is C27H30O3. The Morgan fingerprint density at radius 2 is 1.10 bits per heavy atom. The summed E-state index contributed by atoms with van der Waals surface area (Å²) < 4.78 is 0. The van der Waals surface area contributed by atoms with E-state index in [1.165, 1.54) is 11.1 Å². The van der Waals surface area contributed by atoms with Gasteiger partial charge in [0.2, 0.25) is 0 Å². The summed E-state index contributed by atoms with van der Waals surface area (Å²) in [4.78, 5) is 0. The van der Waals surface area contributed by atoms with Crippen LogP contribution in [0.4, 0.5) is 0 Å². The first-order chi connectivity index (χ1) is 14.3. The lowest BCUT2D eigenvalue weighted by molar-refractivity contribution is 0.474. The Bertz CT molecular complexity index is 968. The average molecular weight is 403 g/mol. The van der Waals surface area contributed by atoms with Crippen LogP contribution in [0.25, 0.3) is 5.57 Å². The molecule has 0 bridgehead atoms. The molecule has 3 aromatic carbocycles. The van der Waals surface area contributed by atoms with E-state index in [0.29, 0.717) is 5.92 Å². The Hall–Kier alpha value is -3.20. The van der Waals surface area contributed by atoms with Gasteiger partial charge in [0, 0.05) is 5.92 Å². The number of phenols is 3. The van der Waals surface area contributed by atoms with Crippen LogP contribution in [-0.4, -0.2) is 15.3 Å². The Labute approximate surface area is 179 Å². The van der Waals surface area contributed by atoms with Crippen LogP contribution in [0.1, 0.15) is 55.7 Å². The lowest BCUT2D eigenvalue weighted by Gasteiger charge is -2.22. The van der Waals surface area contributed by atoms with Gasteiger partial charge in [0.25, 0.3) is 0 Å². The van der Waals surface area contributed by atoms with Gasteiger partial charge in [-0.25, -0.2) is 0 Å². The minimum atomic E-state index is 0.153. The van der Waals surface area contributed by atoms with E-state index >= 15 is 0 Å². The van der Waals surface area contributed by atoms with Gasteiger partial charge in [-0.3, -0.25) is 0 Å². The predicted molar refractivity (Wildman–Crippen MR) is 123 cm³/mol. The fourth-order valence-corrected chi connectivity index (χ4v) is 3.83. The molecule has 2 atom stereocenters. The molecule has 3 rings (SSSR count). The molecule has 0 spiro atoms. The smallest absolute Gasteiger partial charge is 0.115 e. The molecule has 3 N–H and O–H groups in total. The summed E-state index contributed by atoms with van der Waals surface area (Å²) in [6, 6.07) is 22.2. The number of phenolic OH excluding ortho intramolecular Hbond substituents is 3. The molecule has 0 amide bonds. The van der Waals surface area contributed by atoms with Gasteiger partial charge in [0.1, 0.15) is 17.2 Å². The molecule has 0 aliphatic heterocycles. The van der Waals surface area contributed by atoms with Gasteiger partial charge < -0.3 is 15.3 Å². The number of hydrogen-bond acceptors (Lipinski definition) is 3. The summed E-state index contributed by atoms with van der Waals surface area (Å²) in [7, 11) is 0. The van der Waals surface area contributed by atoms with Crippen molar-refractivity contribution in [3.05, 3.63) is 95.6 Å². The van der Waals surface area contributed by atoms with Crippen LogP contribution < -0.4 is 0 Å². The molecule has 30 heavy (non-hydrogen) atoms. The second-order valence-electron chi connectivity index (χ2n) is 8.25. The van der Waals surface area contributed by atoms with Crippen LogP contribution in [0.15, 0.2) is 78.9 Å². The van der Waals surface area contributed by atoms with E-state index in [4.69, 9.17) is 0 Å². The van der Waals surface area contributed by atoms with Gasteiger partial charge in [-0.2, -0.15) is 0 Å². The molecule has 0 aromatic heterocycles. The second-order valence-corrected chi connectivity index (χ2v) is 8.25. The molecule has 156 valence electrons. The number of hydrogen-bond donors (Lipinski definition) is 3. The van der Waals surface area contributed by atoms with Crippen LogP contribution in [-0.2, 0) is 0 Å². The number of allylic oxidation sites excluding steroid dienone is 2. The van der Waals surface area contributed by atoms with Crippen molar-refractivity contribution >= 4 is 5.57 Å². The summed E-state index contributed by atoms with van der Waals surface area (Å²) in [5, 5.41) is 29.0. The molecule has 3 nitrogen and oxygen atoms in total. The molecule has 0 heterocycles. The van der Waals surface area contributed by atoms with Crippen molar-refractivity contribution in [2.75, 3.05) is 0 Å². The Balaban J connectivity index is 1.99. The maximum Gasteiger partial charge on any atom is 0.115 e. The lowest BCUT2D eigenvalue weighted by Crippen LogP contribution is -2.05. The topological polar surface area (TPSA) is 60.7 Å². The maximum absolute atomic E-state index is 9.74. The third-order valence-corrected chi connectivity index (χ3v) is 5.59. The molecule has 3 aromatic rings. The average Bonchev–Trinajstić information content (AvgIpc) is 2.72. The van der Waals surface area contributed by atoms with Crippen LogP contribution in [0.3, 0.4) is 0 Å². The molecule has 0 saturated carbocycles. The zero-order valence-electron chi connectivity index (χ0n) is 17.8. The van der Waals surface area contributed by atoms with Gasteiger partial charge in [0.05, 0.1) is 0 Å². The molecule has 0 saturated heterocycles. The first kappa shape index (κ1) is 21.5. The number of aromatic hydroxyl groups is 3. The predicted octanol–water partition coefficient (Wildman–Crippen LogP) is 6.82. The Morgan fingerprint density at radius 1 is 0.667 bits per heavy atom. The standard InChI is InChI=1S/C27H30O3/c1-18(2)27(22-8-14-26(30)15-9-22)17-23(21-6-12-25(29)13-7-21)16-19(3)20-4-10-24(28)11-5-20/h4-15,17-19,23,28-30H,16H2,1-3H3/b27-17+. The van der Waals surface area contributed by atoms with E-state index < -0.39 is 0 Å². The third-order valence-electron chi connectivity index (χ3n) is 5.59. The molecule has 0 aliphatic rings. The molecule has 3 heteroatoms. The fraction of sp³-hybridized carbons (Fsp3) is 0.259. The zero-order valence-corrected chi connectivity index (χ0v) is 17.8. The third kappa shape index (κ3) is 5.44. The van der Waals surface area contributed by atoms with Crippen LogP contribution in [0, 0.1) is 5.92 Å². The first-order valence-corrected chi connectivity index (χ1v) is 10.4.